The summed E-state index contributed by atoms with van der Waals surface area (Å²) in [7, 11) is 0. The maximum atomic E-state index is 13.7. The van der Waals surface area contributed by atoms with E-state index in [1.54, 1.807) is 0 Å². The fourth-order valence-corrected chi connectivity index (χ4v) is 5.65. The Balaban J connectivity index is 1.21. The second kappa shape index (κ2) is 10.3. The highest BCUT2D eigenvalue weighted by molar-refractivity contribution is 6.10. The van der Waals surface area contributed by atoms with E-state index in [0.29, 0.717) is 29.4 Å². The zero-order chi connectivity index (χ0) is 26.1. The SMILES string of the molecule is Cc1ccc(-c2ccccc2C(=O)Nc2ccc(C(=O)N3C[C@@H]4CCCN4Cc4ccccc43)cc2)cc1. The number of nitrogens with one attached hydrogen (secondary N) is 1. The number of fused-ring (bicyclic) bond motifs is 2. The monoisotopic (exact) mass is 501 g/mol. The van der Waals surface area contributed by atoms with Gasteiger partial charge in [0, 0.05) is 41.6 Å². The van der Waals surface area contributed by atoms with Crippen LogP contribution in [0.3, 0.4) is 0 Å². The fourth-order valence-electron chi connectivity index (χ4n) is 5.65. The van der Waals surface area contributed by atoms with E-state index in [-0.39, 0.29) is 11.8 Å². The number of hydrogen-bond acceptors (Lipinski definition) is 3. The highest BCUT2D eigenvalue weighted by Gasteiger charge is 2.33. The molecule has 2 amide bonds. The molecule has 0 unspecified atom stereocenters. The van der Waals surface area contributed by atoms with E-state index < -0.39 is 0 Å². The molecule has 2 heterocycles. The number of carbonyl (C=O) groups excluding carboxylic acids is 2. The Bertz CT molecular complexity index is 1480. The lowest BCUT2D eigenvalue weighted by atomic mass is 9.98. The summed E-state index contributed by atoms with van der Waals surface area (Å²) in [5.41, 5.74) is 7.14. The van der Waals surface area contributed by atoms with Gasteiger partial charge >= 0.3 is 0 Å². The molecular formula is C33H31N3O2. The van der Waals surface area contributed by atoms with Crippen LogP contribution in [0, 0.1) is 6.92 Å². The van der Waals surface area contributed by atoms with Crippen LogP contribution in [-0.4, -0.2) is 35.8 Å². The molecule has 1 atom stereocenters. The van der Waals surface area contributed by atoms with Crippen molar-refractivity contribution in [2.75, 3.05) is 23.3 Å². The summed E-state index contributed by atoms with van der Waals surface area (Å²) in [4.78, 5) is 31.4. The lowest BCUT2D eigenvalue weighted by Crippen LogP contribution is -2.40. The molecule has 0 saturated carbocycles. The zero-order valence-electron chi connectivity index (χ0n) is 21.6. The molecule has 6 rings (SSSR count). The number of rotatable bonds is 4. The molecule has 2 aliphatic heterocycles. The lowest BCUT2D eigenvalue weighted by molar-refractivity contribution is 0.0980. The summed E-state index contributed by atoms with van der Waals surface area (Å²) in [6, 6.07) is 31.6. The van der Waals surface area contributed by atoms with Crippen molar-refractivity contribution in [3.05, 3.63) is 119 Å². The molecule has 0 radical (unpaired) electrons. The molecule has 1 N–H and O–H groups in total. The van der Waals surface area contributed by atoms with Crippen LogP contribution in [-0.2, 0) is 6.54 Å². The van der Waals surface area contributed by atoms with Crippen molar-refractivity contribution in [3.8, 4) is 11.1 Å². The molecular weight excluding hydrogens is 470 g/mol. The summed E-state index contributed by atoms with van der Waals surface area (Å²) in [5.74, 6) is -0.184. The Hall–Kier alpha value is -4.22. The number of amides is 2. The van der Waals surface area contributed by atoms with Gasteiger partial charge in [-0.25, -0.2) is 0 Å². The van der Waals surface area contributed by atoms with Gasteiger partial charge in [0.25, 0.3) is 11.8 Å². The predicted molar refractivity (Wildman–Crippen MR) is 153 cm³/mol. The molecule has 0 bridgehead atoms. The number of carbonyl (C=O) groups is 2. The Kier molecular flexibility index (Phi) is 6.52. The Labute approximate surface area is 223 Å². The average molecular weight is 502 g/mol. The molecule has 190 valence electrons. The van der Waals surface area contributed by atoms with Gasteiger partial charge in [-0.2, -0.15) is 0 Å². The summed E-state index contributed by atoms with van der Waals surface area (Å²) < 4.78 is 0. The second-order valence-corrected chi connectivity index (χ2v) is 10.3. The smallest absolute Gasteiger partial charge is 0.258 e. The molecule has 4 aromatic rings. The van der Waals surface area contributed by atoms with Gasteiger partial charge in [0.2, 0.25) is 0 Å². The molecule has 2 aliphatic rings. The highest BCUT2D eigenvalue weighted by Crippen LogP contribution is 2.32. The lowest BCUT2D eigenvalue weighted by Gasteiger charge is -2.26. The number of benzene rings is 4. The van der Waals surface area contributed by atoms with Crippen molar-refractivity contribution >= 4 is 23.2 Å². The van der Waals surface area contributed by atoms with Crippen molar-refractivity contribution in [1.29, 1.82) is 0 Å². The maximum absolute atomic E-state index is 13.7. The molecule has 38 heavy (non-hydrogen) atoms. The van der Waals surface area contributed by atoms with E-state index in [1.165, 1.54) is 17.5 Å². The molecule has 0 spiro atoms. The first-order valence-electron chi connectivity index (χ1n) is 13.3. The summed E-state index contributed by atoms with van der Waals surface area (Å²) >= 11 is 0. The van der Waals surface area contributed by atoms with Gasteiger partial charge in [-0.15, -0.1) is 0 Å². The number of aryl methyl sites for hydroxylation is 1. The standard InChI is InChI=1S/C33H31N3O2/c1-23-12-14-24(15-13-23)29-9-3-4-10-30(29)32(37)34-27-18-16-25(17-19-27)33(38)36-22-28-8-6-20-35(28)21-26-7-2-5-11-31(26)36/h2-5,7,9-19,28H,6,8,20-22H2,1H3,(H,34,37)/t28-/m0/s1. The number of para-hydroxylation sites is 1. The molecule has 0 aromatic heterocycles. The van der Waals surface area contributed by atoms with Gasteiger partial charge in [0.1, 0.15) is 0 Å². The van der Waals surface area contributed by atoms with E-state index in [4.69, 9.17) is 0 Å². The van der Waals surface area contributed by atoms with Crippen LogP contribution in [0.2, 0.25) is 0 Å². The van der Waals surface area contributed by atoms with E-state index in [1.807, 2.05) is 96.8 Å². The van der Waals surface area contributed by atoms with Crippen LogP contribution >= 0.6 is 0 Å². The van der Waals surface area contributed by atoms with Crippen LogP contribution in [0.25, 0.3) is 11.1 Å². The summed E-state index contributed by atoms with van der Waals surface area (Å²) in [6.07, 6.45) is 2.29. The quantitative estimate of drug-likeness (QED) is 0.346. The molecule has 0 aliphatic carbocycles. The van der Waals surface area contributed by atoms with Crippen LogP contribution < -0.4 is 10.2 Å². The van der Waals surface area contributed by atoms with E-state index in [2.05, 4.69) is 22.3 Å². The Morgan fingerprint density at radius 3 is 2.39 bits per heavy atom. The third-order valence-corrected chi connectivity index (χ3v) is 7.72. The Morgan fingerprint density at radius 1 is 0.842 bits per heavy atom. The minimum atomic E-state index is -0.178. The van der Waals surface area contributed by atoms with E-state index >= 15 is 0 Å². The zero-order valence-corrected chi connectivity index (χ0v) is 21.6. The van der Waals surface area contributed by atoms with Crippen LogP contribution in [0.4, 0.5) is 11.4 Å². The molecule has 5 heteroatoms. The van der Waals surface area contributed by atoms with Gasteiger partial charge in [0.05, 0.1) is 0 Å². The topological polar surface area (TPSA) is 52.7 Å². The third-order valence-electron chi connectivity index (χ3n) is 7.72. The number of anilines is 2. The van der Waals surface area contributed by atoms with Crippen molar-refractivity contribution < 1.29 is 9.59 Å². The minimum Gasteiger partial charge on any atom is -0.322 e. The normalized spacial score (nSPS) is 16.9. The number of nitrogens with zero attached hydrogens (tertiary/aromatic N) is 2. The molecule has 5 nitrogen and oxygen atoms in total. The van der Waals surface area contributed by atoms with E-state index in [9.17, 15) is 9.59 Å². The Morgan fingerprint density at radius 2 is 1.58 bits per heavy atom. The van der Waals surface area contributed by atoms with Gasteiger partial charge < -0.3 is 10.2 Å². The van der Waals surface area contributed by atoms with Gasteiger partial charge in [0.15, 0.2) is 0 Å². The minimum absolute atomic E-state index is 0.00575. The van der Waals surface area contributed by atoms with Crippen LogP contribution in [0.1, 0.15) is 44.7 Å². The molecule has 1 saturated heterocycles. The first-order valence-corrected chi connectivity index (χ1v) is 13.3. The highest BCUT2D eigenvalue weighted by atomic mass is 16.2. The maximum Gasteiger partial charge on any atom is 0.258 e. The van der Waals surface area contributed by atoms with Gasteiger partial charge in [-0.3, -0.25) is 14.5 Å². The van der Waals surface area contributed by atoms with Crippen molar-refractivity contribution in [2.24, 2.45) is 0 Å². The first kappa shape index (κ1) is 24.1. The van der Waals surface area contributed by atoms with Crippen molar-refractivity contribution in [1.82, 2.24) is 4.90 Å². The van der Waals surface area contributed by atoms with Gasteiger partial charge in [-0.1, -0.05) is 66.2 Å². The average Bonchev–Trinajstić information content (AvgIpc) is 3.32. The third kappa shape index (κ3) is 4.73. The summed E-state index contributed by atoms with van der Waals surface area (Å²) in [6.45, 7) is 4.72. The molecule has 4 aromatic carbocycles. The van der Waals surface area contributed by atoms with Crippen molar-refractivity contribution in [3.63, 3.8) is 0 Å². The van der Waals surface area contributed by atoms with E-state index in [0.717, 1.165) is 36.3 Å². The summed E-state index contributed by atoms with van der Waals surface area (Å²) in [5, 5.41) is 3.01. The number of hydrogen-bond donors (Lipinski definition) is 1. The fraction of sp³-hybridized carbons (Fsp3) is 0.212. The first-order chi connectivity index (χ1) is 18.6. The van der Waals surface area contributed by atoms with Crippen LogP contribution in [0.15, 0.2) is 97.1 Å². The molecule has 1 fully saturated rings. The second-order valence-electron chi connectivity index (χ2n) is 10.3. The largest absolute Gasteiger partial charge is 0.322 e. The predicted octanol–water partition coefficient (Wildman–Crippen LogP) is 6.54. The van der Waals surface area contributed by atoms with Crippen LogP contribution in [0.5, 0.6) is 0 Å². The van der Waals surface area contributed by atoms with Crippen molar-refractivity contribution in [2.45, 2.75) is 32.4 Å². The van der Waals surface area contributed by atoms with Gasteiger partial charge in [-0.05, 0) is 79.4 Å².